The summed E-state index contributed by atoms with van der Waals surface area (Å²) in [4.78, 5) is 16.8. The third-order valence-corrected chi connectivity index (χ3v) is 3.97. The van der Waals surface area contributed by atoms with Gasteiger partial charge in [0.15, 0.2) is 0 Å². The number of furan rings is 1. The Bertz CT molecular complexity index is 991. The summed E-state index contributed by atoms with van der Waals surface area (Å²) in [5.41, 5.74) is 4.11. The van der Waals surface area contributed by atoms with Gasteiger partial charge in [-0.2, -0.15) is 5.10 Å². The van der Waals surface area contributed by atoms with Gasteiger partial charge in [0, 0.05) is 36.3 Å². The van der Waals surface area contributed by atoms with E-state index in [-0.39, 0.29) is 5.91 Å². The van der Waals surface area contributed by atoms with E-state index in [1.54, 1.807) is 35.7 Å². The second-order valence-electron chi connectivity index (χ2n) is 5.75. The van der Waals surface area contributed by atoms with Gasteiger partial charge in [-0.3, -0.25) is 9.78 Å². The van der Waals surface area contributed by atoms with Crippen molar-refractivity contribution in [3.05, 3.63) is 90.8 Å². The van der Waals surface area contributed by atoms with E-state index in [4.69, 9.17) is 4.42 Å². The highest BCUT2D eigenvalue weighted by molar-refractivity contribution is 5.94. The number of nitrogens with one attached hydrogen (secondary N) is 1. The molecule has 0 saturated heterocycles. The van der Waals surface area contributed by atoms with Crippen LogP contribution in [0.2, 0.25) is 0 Å². The minimum Gasteiger partial charge on any atom is -0.472 e. The summed E-state index contributed by atoms with van der Waals surface area (Å²) in [5, 5.41) is 7.09. The molecular weight excluding hydrogens is 328 g/mol. The van der Waals surface area contributed by atoms with Crippen LogP contribution in [-0.4, -0.2) is 20.7 Å². The van der Waals surface area contributed by atoms with Crippen molar-refractivity contribution in [2.45, 2.75) is 6.54 Å². The summed E-state index contributed by atoms with van der Waals surface area (Å²) in [5.74, 6) is -0.141. The highest BCUT2D eigenvalue weighted by Crippen LogP contribution is 2.17. The van der Waals surface area contributed by atoms with E-state index in [1.807, 2.05) is 48.7 Å². The van der Waals surface area contributed by atoms with E-state index in [0.717, 1.165) is 22.5 Å². The zero-order valence-corrected chi connectivity index (χ0v) is 13.9. The van der Waals surface area contributed by atoms with Crippen molar-refractivity contribution in [1.29, 1.82) is 0 Å². The Morgan fingerprint density at radius 3 is 2.85 bits per heavy atom. The maximum Gasteiger partial charge on any atom is 0.251 e. The Labute approximate surface area is 150 Å². The maximum atomic E-state index is 12.4. The number of carbonyl (C=O) groups is 1. The van der Waals surface area contributed by atoms with Crippen LogP contribution in [0.15, 0.2) is 84.1 Å². The van der Waals surface area contributed by atoms with Crippen molar-refractivity contribution in [3.63, 3.8) is 0 Å². The topological polar surface area (TPSA) is 73.0 Å². The molecule has 0 fully saturated rings. The fourth-order valence-electron chi connectivity index (χ4n) is 2.61. The van der Waals surface area contributed by atoms with Gasteiger partial charge >= 0.3 is 0 Å². The van der Waals surface area contributed by atoms with E-state index >= 15 is 0 Å². The number of nitrogens with zero attached hydrogens (tertiary/aromatic N) is 3. The Hall–Kier alpha value is -3.67. The highest BCUT2D eigenvalue weighted by atomic mass is 16.3. The van der Waals surface area contributed by atoms with E-state index in [2.05, 4.69) is 15.4 Å². The zero-order valence-electron chi connectivity index (χ0n) is 13.9. The number of aromatic nitrogens is 3. The van der Waals surface area contributed by atoms with Gasteiger partial charge < -0.3 is 9.73 Å². The van der Waals surface area contributed by atoms with E-state index < -0.39 is 0 Å². The van der Waals surface area contributed by atoms with Gasteiger partial charge in [-0.1, -0.05) is 12.1 Å². The summed E-state index contributed by atoms with van der Waals surface area (Å²) in [6.45, 7) is 0.406. The molecule has 26 heavy (non-hydrogen) atoms. The van der Waals surface area contributed by atoms with Crippen LogP contribution < -0.4 is 5.32 Å². The number of benzene rings is 1. The van der Waals surface area contributed by atoms with Gasteiger partial charge in [0.1, 0.15) is 0 Å². The summed E-state index contributed by atoms with van der Waals surface area (Å²) < 4.78 is 6.78. The summed E-state index contributed by atoms with van der Waals surface area (Å²) in [7, 11) is 0. The van der Waals surface area contributed by atoms with Crippen LogP contribution in [0.25, 0.3) is 16.9 Å². The minimum absolute atomic E-state index is 0.141. The molecule has 6 heteroatoms. The quantitative estimate of drug-likeness (QED) is 0.602. The second-order valence-corrected chi connectivity index (χ2v) is 5.75. The predicted octanol–water partition coefficient (Wildman–Crippen LogP) is 3.46. The lowest BCUT2D eigenvalue weighted by Crippen LogP contribution is -2.23. The van der Waals surface area contributed by atoms with Crippen molar-refractivity contribution in [2.75, 3.05) is 0 Å². The first-order valence-electron chi connectivity index (χ1n) is 8.15. The number of carbonyl (C=O) groups excluding carboxylic acids is 1. The molecule has 1 N–H and O–H groups in total. The molecule has 0 atom stereocenters. The monoisotopic (exact) mass is 344 g/mol. The largest absolute Gasteiger partial charge is 0.472 e. The fraction of sp³-hybridized carbons (Fsp3) is 0.0500. The highest BCUT2D eigenvalue weighted by Gasteiger charge is 2.08. The fourth-order valence-corrected chi connectivity index (χ4v) is 2.61. The van der Waals surface area contributed by atoms with E-state index in [1.165, 1.54) is 0 Å². The molecule has 6 nitrogen and oxygen atoms in total. The average molecular weight is 344 g/mol. The van der Waals surface area contributed by atoms with Crippen LogP contribution in [-0.2, 0) is 6.54 Å². The molecule has 1 amide bonds. The maximum absolute atomic E-state index is 12.4. The predicted molar refractivity (Wildman–Crippen MR) is 96.7 cm³/mol. The van der Waals surface area contributed by atoms with Crippen LogP contribution in [0.1, 0.15) is 15.9 Å². The third-order valence-electron chi connectivity index (χ3n) is 3.97. The van der Waals surface area contributed by atoms with Crippen molar-refractivity contribution in [1.82, 2.24) is 20.1 Å². The lowest BCUT2D eigenvalue weighted by Gasteiger charge is -2.08. The Morgan fingerprint density at radius 2 is 2.12 bits per heavy atom. The van der Waals surface area contributed by atoms with Crippen molar-refractivity contribution >= 4 is 5.91 Å². The smallest absolute Gasteiger partial charge is 0.251 e. The van der Waals surface area contributed by atoms with Gasteiger partial charge in [-0.25, -0.2) is 4.68 Å². The van der Waals surface area contributed by atoms with Gasteiger partial charge in [0.05, 0.1) is 23.9 Å². The van der Waals surface area contributed by atoms with Crippen LogP contribution in [0.3, 0.4) is 0 Å². The van der Waals surface area contributed by atoms with Crippen LogP contribution in [0.5, 0.6) is 0 Å². The summed E-state index contributed by atoms with van der Waals surface area (Å²) in [6, 6.07) is 14.9. The molecule has 0 unspecified atom stereocenters. The third kappa shape index (κ3) is 3.39. The Balaban J connectivity index is 1.42. The van der Waals surface area contributed by atoms with E-state index in [9.17, 15) is 4.79 Å². The molecule has 0 aliphatic carbocycles. The molecule has 4 aromatic rings. The first-order valence-corrected chi connectivity index (χ1v) is 8.15. The van der Waals surface area contributed by atoms with Crippen molar-refractivity contribution < 1.29 is 9.21 Å². The minimum atomic E-state index is -0.141. The van der Waals surface area contributed by atoms with Crippen LogP contribution in [0, 0.1) is 0 Å². The van der Waals surface area contributed by atoms with Gasteiger partial charge in [-0.15, -0.1) is 0 Å². The molecule has 128 valence electrons. The summed E-state index contributed by atoms with van der Waals surface area (Å²) >= 11 is 0. The standard InChI is InChI=1S/C20H16N4O2/c25-20(16-3-1-4-18(11-16)24-9-2-8-23-24)22-13-15-5-6-19(21-12-15)17-7-10-26-14-17/h1-12,14H,13H2,(H,22,25). The molecule has 1 aromatic carbocycles. The normalized spacial score (nSPS) is 10.6. The molecule has 3 aromatic heterocycles. The molecule has 0 spiro atoms. The average Bonchev–Trinajstić information content (AvgIpc) is 3.40. The Morgan fingerprint density at radius 1 is 1.15 bits per heavy atom. The molecule has 0 saturated carbocycles. The van der Waals surface area contributed by atoms with Gasteiger partial charge in [-0.05, 0) is 42.0 Å². The molecule has 4 rings (SSSR count). The lowest BCUT2D eigenvalue weighted by molar-refractivity contribution is 0.0951. The molecular formula is C20H16N4O2. The number of amides is 1. The first-order chi connectivity index (χ1) is 12.8. The van der Waals surface area contributed by atoms with Crippen molar-refractivity contribution in [3.8, 4) is 16.9 Å². The summed E-state index contributed by atoms with van der Waals surface area (Å²) in [6.07, 6.45) is 8.55. The SMILES string of the molecule is O=C(NCc1ccc(-c2ccoc2)nc1)c1cccc(-n2cccn2)c1. The van der Waals surface area contributed by atoms with Gasteiger partial charge in [0.25, 0.3) is 5.91 Å². The molecule has 0 aliphatic heterocycles. The van der Waals surface area contributed by atoms with Crippen molar-refractivity contribution in [2.24, 2.45) is 0 Å². The Kier molecular flexibility index (Phi) is 4.30. The second kappa shape index (κ2) is 7.06. The lowest BCUT2D eigenvalue weighted by atomic mass is 10.1. The molecule has 3 heterocycles. The number of rotatable bonds is 5. The number of hydrogen-bond donors (Lipinski definition) is 1. The van der Waals surface area contributed by atoms with Crippen LogP contribution >= 0.6 is 0 Å². The van der Waals surface area contributed by atoms with Gasteiger partial charge in [0.2, 0.25) is 0 Å². The van der Waals surface area contributed by atoms with Crippen LogP contribution in [0.4, 0.5) is 0 Å². The first kappa shape index (κ1) is 15.8. The number of hydrogen-bond acceptors (Lipinski definition) is 4. The molecule has 0 aliphatic rings. The molecule has 0 bridgehead atoms. The number of pyridine rings is 1. The molecule has 0 radical (unpaired) electrons. The zero-order chi connectivity index (χ0) is 17.8. The van der Waals surface area contributed by atoms with E-state index in [0.29, 0.717) is 12.1 Å².